The Hall–Kier alpha value is 0.720. The van der Waals surface area contributed by atoms with Crippen LogP contribution in [0.15, 0.2) is 0 Å². The van der Waals surface area contributed by atoms with Gasteiger partial charge in [-0.15, -0.1) is 0 Å². The zero-order valence-corrected chi connectivity index (χ0v) is 25.6. The molecule has 0 amide bonds. The summed E-state index contributed by atoms with van der Waals surface area (Å²) in [5, 5.41) is 0. The maximum absolute atomic E-state index is 7.89. The van der Waals surface area contributed by atoms with Gasteiger partial charge in [0.1, 0.15) is 0 Å². The predicted octanol–water partition coefficient (Wildman–Crippen LogP) is 12.7. The van der Waals surface area contributed by atoms with Gasteiger partial charge in [0.05, 0.1) is 0 Å². The molecule has 0 saturated heterocycles. The third-order valence-corrected chi connectivity index (χ3v) is 15.8. The molecule has 0 aliphatic rings. The van der Waals surface area contributed by atoms with E-state index in [1.54, 1.807) is 0 Å². The van der Waals surface area contributed by atoms with Crippen LogP contribution >= 0.6 is 17.2 Å². The molecule has 0 aromatic heterocycles. The van der Waals surface area contributed by atoms with E-state index in [1.807, 2.05) is 0 Å². The second kappa shape index (κ2) is 23.1. The maximum atomic E-state index is 7.89. The number of halogens is 1. The Morgan fingerprint density at radius 2 is 0.485 bits per heavy atom. The third kappa shape index (κ3) is 19.6. The van der Waals surface area contributed by atoms with Crippen LogP contribution in [-0.4, -0.2) is 24.6 Å². The van der Waals surface area contributed by atoms with Crippen molar-refractivity contribution in [1.82, 2.24) is 0 Å². The van der Waals surface area contributed by atoms with Gasteiger partial charge in [0, 0.05) is 0 Å². The van der Waals surface area contributed by atoms with Gasteiger partial charge in [-0.25, -0.2) is 0 Å². The van der Waals surface area contributed by atoms with Gasteiger partial charge in [0.15, 0.2) is 0 Å². The second-order valence-electron chi connectivity index (χ2n) is 11.4. The molecule has 0 bridgehead atoms. The molecule has 0 unspecified atom stereocenters. The number of hydrogen-bond donors (Lipinski definition) is 0. The van der Waals surface area contributed by atoms with E-state index >= 15 is 0 Å². The van der Waals surface area contributed by atoms with Crippen molar-refractivity contribution in [3.63, 3.8) is 0 Å². The van der Waals surface area contributed by atoms with E-state index in [2.05, 4.69) is 27.7 Å². The molecule has 0 aromatic rings. The average molecular weight is 505 g/mol. The summed E-state index contributed by atoms with van der Waals surface area (Å²) in [4.78, 5) is 0. The molecule has 0 aliphatic heterocycles. The van der Waals surface area contributed by atoms with Gasteiger partial charge < -0.3 is 0 Å². The van der Waals surface area contributed by atoms with Crippen LogP contribution in [0, 0.1) is 0 Å². The van der Waals surface area contributed by atoms with Crippen LogP contribution in [0.1, 0.15) is 175 Å². The Kier molecular flexibility index (Phi) is 23.6. The van der Waals surface area contributed by atoms with Gasteiger partial charge in [0.2, 0.25) is 0 Å². The molecule has 0 fully saturated rings. The molecule has 0 aliphatic carbocycles. The molecule has 202 valence electrons. The van der Waals surface area contributed by atoms with Crippen molar-refractivity contribution in [2.24, 2.45) is 0 Å². The molecule has 0 saturated carbocycles. The van der Waals surface area contributed by atoms with E-state index in [1.165, 1.54) is 172 Å². The van der Waals surface area contributed by atoms with Crippen molar-refractivity contribution in [2.45, 2.75) is 175 Å². The third-order valence-electron chi connectivity index (χ3n) is 8.03. The Morgan fingerprint density at radius 1 is 0.303 bits per heavy atom. The molecule has 0 heterocycles. The zero-order chi connectivity index (χ0) is 24.5. The molecular weight excluding hydrogens is 439 g/mol. The molecule has 2 heteroatoms. The minimum atomic E-state index is -2.03. The van der Waals surface area contributed by atoms with E-state index in [-0.39, 0.29) is 0 Å². The fraction of sp³-hybridized carbons (Fsp3) is 1.00. The fourth-order valence-corrected chi connectivity index (χ4v) is 12.5. The summed E-state index contributed by atoms with van der Waals surface area (Å²) in [5.74, 6) is -2.03. The van der Waals surface area contributed by atoms with Crippen LogP contribution in [-0.2, 0) is 0 Å². The molecule has 0 radical (unpaired) electrons. The normalized spacial score (nSPS) is 13.3. The Morgan fingerprint density at radius 3 is 0.758 bits per heavy atom. The van der Waals surface area contributed by atoms with Crippen molar-refractivity contribution >= 4 is 17.2 Å². The van der Waals surface area contributed by atoms with E-state index in [9.17, 15) is 0 Å². The monoisotopic (exact) mass is 504 g/mol. The first-order valence-corrected chi connectivity index (χ1v) is 19.6. The fourth-order valence-electron chi connectivity index (χ4n) is 5.64. The summed E-state index contributed by atoms with van der Waals surface area (Å²) in [6, 6.07) is 0. The summed E-state index contributed by atoms with van der Waals surface area (Å²) in [7, 11) is 0. The molecule has 33 heavy (non-hydrogen) atoms. The molecule has 0 aromatic carbocycles. The molecule has 0 rings (SSSR count). The summed E-state index contributed by atoms with van der Waals surface area (Å²) >= 11 is 7.89. The van der Waals surface area contributed by atoms with E-state index in [4.69, 9.17) is 11.2 Å². The molecule has 0 N–H and O–H groups in total. The van der Waals surface area contributed by atoms with Crippen LogP contribution in [0.25, 0.3) is 0 Å². The van der Waals surface area contributed by atoms with Gasteiger partial charge in [0.25, 0.3) is 0 Å². The Labute approximate surface area is 216 Å². The van der Waals surface area contributed by atoms with Crippen molar-refractivity contribution < 1.29 is 0 Å². The molecule has 0 nitrogen and oxygen atoms in total. The quantitative estimate of drug-likeness (QED) is 0.0770. The van der Waals surface area contributed by atoms with Crippen LogP contribution in [0.2, 0.25) is 0 Å². The SMILES string of the molecule is CCCCCCCCCCCCCCCCP(Cl)(CCCCC)(CCCCC)CCCCC. The van der Waals surface area contributed by atoms with Crippen molar-refractivity contribution in [2.75, 3.05) is 24.6 Å². The first-order valence-electron chi connectivity index (χ1n) is 15.8. The Bertz CT molecular complexity index is 365. The Balaban J connectivity index is 4.23. The topological polar surface area (TPSA) is 0 Å². The van der Waals surface area contributed by atoms with Crippen LogP contribution in [0.3, 0.4) is 0 Å². The summed E-state index contributed by atoms with van der Waals surface area (Å²) in [6.07, 6.45) is 38.1. The molecular formula is C31H66ClP. The first kappa shape index (κ1) is 33.7. The number of rotatable bonds is 27. The number of hydrogen-bond acceptors (Lipinski definition) is 0. The standard InChI is InChI=1S/C31H66ClP/c1-5-9-13-14-15-16-17-18-19-20-21-22-23-27-31-33(32,28-24-10-6-2,29-25-11-7-3)30-26-12-8-4/h5-31H2,1-4H3. The van der Waals surface area contributed by atoms with Crippen LogP contribution in [0.5, 0.6) is 0 Å². The van der Waals surface area contributed by atoms with Crippen molar-refractivity contribution in [1.29, 1.82) is 0 Å². The van der Waals surface area contributed by atoms with Crippen molar-refractivity contribution in [3.05, 3.63) is 0 Å². The average Bonchev–Trinajstić information content (AvgIpc) is 2.80. The van der Waals surface area contributed by atoms with E-state index < -0.39 is 5.96 Å². The van der Waals surface area contributed by atoms with Gasteiger partial charge in [-0.05, 0) is 0 Å². The molecule has 0 spiro atoms. The van der Waals surface area contributed by atoms with E-state index in [0.29, 0.717) is 0 Å². The minimum absolute atomic E-state index is 1.33. The summed E-state index contributed by atoms with van der Waals surface area (Å²) < 4.78 is 0. The second-order valence-corrected chi connectivity index (χ2v) is 19.7. The molecule has 0 atom stereocenters. The van der Waals surface area contributed by atoms with Crippen LogP contribution in [0.4, 0.5) is 0 Å². The van der Waals surface area contributed by atoms with Gasteiger partial charge >= 0.3 is 191 Å². The van der Waals surface area contributed by atoms with Gasteiger partial charge in [-0.3, -0.25) is 0 Å². The van der Waals surface area contributed by atoms with Crippen LogP contribution < -0.4 is 0 Å². The summed E-state index contributed by atoms with van der Waals surface area (Å²) in [5.41, 5.74) is 0. The van der Waals surface area contributed by atoms with Gasteiger partial charge in [-0.2, -0.15) is 0 Å². The van der Waals surface area contributed by atoms with E-state index in [0.717, 1.165) is 0 Å². The zero-order valence-electron chi connectivity index (χ0n) is 23.9. The summed E-state index contributed by atoms with van der Waals surface area (Å²) in [6.45, 7) is 9.32. The van der Waals surface area contributed by atoms with Crippen molar-refractivity contribution in [3.8, 4) is 0 Å². The number of unbranched alkanes of at least 4 members (excludes halogenated alkanes) is 19. The predicted molar refractivity (Wildman–Crippen MR) is 161 cm³/mol. The van der Waals surface area contributed by atoms with Gasteiger partial charge in [-0.1, -0.05) is 26.2 Å². The first-order chi connectivity index (χ1) is 16.0.